The van der Waals surface area contributed by atoms with Crippen LogP contribution in [0, 0.1) is 20.8 Å². The first-order valence-electron chi connectivity index (χ1n) is 7.49. The SMILES string of the molecule is Cc1cc(C)c(C(CN)N(C)CCCN(C)C)c(C)c1. The minimum atomic E-state index is 0.317. The van der Waals surface area contributed by atoms with Gasteiger partial charge in [0.25, 0.3) is 0 Å². The molecule has 1 atom stereocenters. The van der Waals surface area contributed by atoms with Crippen molar-refractivity contribution in [2.45, 2.75) is 33.2 Å². The van der Waals surface area contributed by atoms with Crippen molar-refractivity contribution in [2.24, 2.45) is 5.73 Å². The number of likely N-dealkylation sites (N-methyl/N-ethyl adjacent to an activating group) is 1. The third kappa shape index (κ3) is 4.58. The molecule has 0 bridgehead atoms. The van der Waals surface area contributed by atoms with Crippen LogP contribution in [0.5, 0.6) is 0 Å². The molecule has 20 heavy (non-hydrogen) atoms. The second kappa shape index (κ2) is 7.77. The Labute approximate surface area is 124 Å². The molecule has 2 N–H and O–H groups in total. The Hall–Kier alpha value is -0.900. The van der Waals surface area contributed by atoms with Gasteiger partial charge >= 0.3 is 0 Å². The van der Waals surface area contributed by atoms with Gasteiger partial charge in [0, 0.05) is 12.6 Å². The van der Waals surface area contributed by atoms with Crippen molar-refractivity contribution in [1.82, 2.24) is 9.80 Å². The van der Waals surface area contributed by atoms with E-state index in [4.69, 9.17) is 5.73 Å². The van der Waals surface area contributed by atoms with Gasteiger partial charge in [0.05, 0.1) is 0 Å². The summed E-state index contributed by atoms with van der Waals surface area (Å²) in [5, 5.41) is 0. The number of nitrogens with two attached hydrogens (primary N) is 1. The van der Waals surface area contributed by atoms with E-state index in [1.807, 2.05) is 0 Å². The molecule has 0 saturated carbocycles. The Morgan fingerprint density at radius 3 is 2.00 bits per heavy atom. The van der Waals surface area contributed by atoms with E-state index in [-0.39, 0.29) is 0 Å². The minimum Gasteiger partial charge on any atom is -0.329 e. The molecule has 0 aromatic heterocycles. The van der Waals surface area contributed by atoms with E-state index in [2.05, 4.69) is 63.8 Å². The summed E-state index contributed by atoms with van der Waals surface area (Å²) in [4.78, 5) is 4.63. The van der Waals surface area contributed by atoms with E-state index in [1.165, 1.54) is 28.7 Å². The normalized spacial score (nSPS) is 13.2. The molecule has 0 amide bonds. The highest BCUT2D eigenvalue weighted by atomic mass is 15.1. The molecule has 0 saturated heterocycles. The maximum atomic E-state index is 6.06. The lowest BCUT2D eigenvalue weighted by atomic mass is 9.93. The largest absolute Gasteiger partial charge is 0.329 e. The first-order chi connectivity index (χ1) is 9.36. The molecule has 1 aromatic carbocycles. The summed E-state index contributed by atoms with van der Waals surface area (Å²) in [6, 6.07) is 4.84. The van der Waals surface area contributed by atoms with Crippen molar-refractivity contribution >= 4 is 0 Å². The van der Waals surface area contributed by atoms with Crippen molar-refractivity contribution < 1.29 is 0 Å². The molecule has 3 heteroatoms. The van der Waals surface area contributed by atoms with Crippen LogP contribution in [0.1, 0.15) is 34.7 Å². The Balaban J connectivity index is 2.85. The Morgan fingerprint density at radius 1 is 1.00 bits per heavy atom. The maximum Gasteiger partial charge on any atom is 0.0472 e. The molecule has 1 unspecified atom stereocenters. The summed E-state index contributed by atoms with van der Waals surface area (Å²) in [5.41, 5.74) is 11.5. The van der Waals surface area contributed by atoms with E-state index in [9.17, 15) is 0 Å². The third-order valence-corrected chi connectivity index (χ3v) is 3.94. The maximum absolute atomic E-state index is 6.06. The Morgan fingerprint density at radius 2 is 1.55 bits per heavy atom. The van der Waals surface area contributed by atoms with Crippen LogP contribution in [0.2, 0.25) is 0 Å². The smallest absolute Gasteiger partial charge is 0.0472 e. The molecule has 0 aliphatic heterocycles. The standard InChI is InChI=1S/C17H31N3/c1-13-10-14(2)17(15(3)11-13)16(12-18)20(6)9-7-8-19(4)5/h10-11,16H,7-9,12,18H2,1-6H3. The highest BCUT2D eigenvalue weighted by molar-refractivity contribution is 5.39. The van der Waals surface area contributed by atoms with Crippen LogP contribution in [-0.2, 0) is 0 Å². The Kier molecular flexibility index (Phi) is 6.66. The molecule has 3 nitrogen and oxygen atoms in total. The van der Waals surface area contributed by atoms with Crippen LogP contribution in [-0.4, -0.2) is 50.6 Å². The second-order valence-corrected chi connectivity index (χ2v) is 6.20. The number of hydrogen-bond acceptors (Lipinski definition) is 3. The van der Waals surface area contributed by atoms with Gasteiger partial charge in [-0.1, -0.05) is 17.7 Å². The van der Waals surface area contributed by atoms with Gasteiger partial charge in [-0.05, 0) is 78.1 Å². The molecule has 0 aliphatic rings. The predicted octanol–water partition coefficient (Wildman–Crippen LogP) is 2.50. The highest BCUT2D eigenvalue weighted by Crippen LogP contribution is 2.26. The van der Waals surface area contributed by atoms with Gasteiger partial charge in [0.15, 0.2) is 0 Å². The number of benzene rings is 1. The van der Waals surface area contributed by atoms with Crippen LogP contribution in [0.3, 0.4) is 0 Å². The fourth-order valence-corrected chi connectivity index (χ4v) is 3.03. The third-order valence-electron chi connectivity index (χ3n) is 3.94. The fourth-order valence-electron chi connectivity index (χ4n) is 3.03. The predicted molar refractivity (Wildman–Crippen MR) is 88.2 cm³/mol. The van der Waals surface area contributed by atoms with Gasteiger partial charge in [0.2, 0.25) is 0 Å². The molecule has 1 aromatic rings. The summed E-state index contributed by atoms with van der Waals surface area (Å²) < 4.78 is 0. The number of aryl methyl sites for hydroxylation is 3. The molecule has 0 fully saturated rings. The molecule has 0 radical (unpaired) electrons. The molecule has 0 heterocycles. The molecule has 114 valence electrons. The van der Waals surface area contributed by atoms with Crippen molar-refractivity contribution in [3.8, 4) is 0 Å². The van der Waals surface area contributed by atoms with E-state index < -0.39 is 0 Å². The zero-order valence-electron chi connectivity index (χ0n) is 14.0. The summed E-state index contributed by atoms with van der Waals surface area (Å²) >= 11 is 0. The van der Waals surface area contributed by atoms with E-state index in [0.29, 0.717) is 12.6 Å². The monoisotopic (exact) mass is 277 g/mol. The lowest BCUT2D eigenvalue weighted by molar-refractivity contribution is 0.234. The van der Waals surface area contributed by atoms with Gasteiger partial charge in [-0.15, -0.1) is 0 Å². The first kappa shape index (κ1) is 17.2. The zero-order valence-corrected chi connectivity index (χ0v) is 14.0. The average molecular weight is 277 g/mol. The topological polar surface area (TPSA) is 32.5 Å². The van der Waals surface area contributed by atoms with Gasteiger partial charge in [-0.3, -0.25) is 4.90 Å². The van der Waals surface area contributed by atoms with Gasteiger partial charge in [-0.25, -0.2) is 0 Å². The summed E-state index contributed by atoms with van der Waals surface area (Å²) in [6.07, 6.45) is 1.17. The van der Waals surface area contributed by atoms with E-state index >= 15 is 0 Å². The summed E-state index contributed by atoms with van der Waals surface area (Å²) in [6.45, 7) is 9.42. The average Bonchev–Trinajstić information content (AvgIpc) is 2.32. The van der Waals surface area contributed by atoms with E-state index in [0.717, 1.165) is 13.1 Å². The quantitative estimate of drug-likeness (QED) is 0.831. The number of rotatable bonds is 7. The molecule has 0 aliphatic carbocycles. The fraction of sp³-hybridized carbons (Fsp3) is 0.647. The van der Waals surface area contributed by atoms with Crippen LogP contribution in [0.4, 0.5) is 0 Å². The first-order valence-corrected chi connectivity index (χ1v) is 7.49. The number of hydrogen-bond donors (Lipinski definition) is 1. The van der Waals surface area contributed by atoms with Gasteiger partial charge < -0.3 is 10.6 Å². The number of nitrogens with zero attached hydrogens (tertiary/aromatic N) is 2. The molecular formula is C17H31N3. The van der Waals surface area contributed by atoms with Gasteiger partial charge in [-0.2, -0.15) is 0 Å². The minimum absolute atomic E-state index is 0.317. The van der Waals surface area contributed by atoms with Crippen molar-refractivity contribution in [3.05, 3.63) is 34.4 Å². The zero-order chi connectivity index (χ0) is 15.3. The van der Waals surface area contributed by atoms with Crippen molar-refractivity contribution in [1.29, 1.82) is 0 Å². The molecule has 1 rings (SSSR count). The van der Waals surface area contributed by atoms with Gasteiger partial charge in [0.1, 0.15) is 0 Å². The molecular weight excluding hydrogens is 246 g/mol. The van der Waals surface area contributed by atoms with E-state index in [1.54, 1.807) is 0 Å². The van der Waals surface area contributed by atoms with Crippen LogP contribution in [0.25, 0.3) is 0 Å². The Bertz CT molecular complexity index is 403. The lowest BCUT2D eigenvalue weighted by Crippen LogP contribution is -2.33. The van der Waals surface area contributed by atoms with Crippen LogP contribution in [0.15, 0.2) is 12.1 Å². The highest BCUT2D eigenvalue weighted by Gasteiger charge is 2.19. The summed E-state index contributed by atoms with van der Waals surface area (Å²) in [7, 11) is 6.43. The van der Waals surface area contributed by atoms with Crippen molar-refractivity contribution in [3.63, 3.8) is 0 Å². The van der Waals surface area contributed by atoms with Crippen LogP contribution < -0.4 is 5.73 Å². The summed E-state index contributed by atoms with van der Waals surface area (Å²) in [5.74, 6) is 0. The lowest BCUT2D eigenvalue weighted by Gasteiger charge is -2.30. The van der Waals surface area contributed by atoms with Crippen LogP contribution >= 0.6 is 0 Å². The second-order valence-electron chi connectivity index (χ2n) is 6.20. The van der Waals surface area contributed by atoms with Crippen molar-refractivity contribution in [2.75, 3.05) is 40.8 Å². The molecule has 0 spiro atoms.